The summed E-state index contributed by atoms with van der Waals surface area (Å²) in [7, 11) is 0. The fourth-order valence-corrected chi connectivity index (χ4v) is 3.02. The summed E-state index contributed by atoms with van der Waals surface area (Å²) in [5, 5.41) is 9.95. The summed E-state index contributed by atoms with van der Waals surface area (Å²) in [4.78, 5) is 0. The van der Waals surface area contributed by atoms with E-state index in [4.69, 9.17) is 21.1 Å². The van der Waals surface area contributed by atoms with Gasteiger partial charge in [0, 0.05) is 5.57 Å². The molecular formula is C15H14BrClO3. The zero-order valence-corrected chi connectivity index (χ0v) is 13.1. The summed E-state index contributed by atoms with van der Waals surface area (Å²) in [6.45, 7) is -0.0233. The summed E-state index contributed by atoms with van der Waals surface area (Å²) >= 11 is 9.51. The average molecular weight is 358 g/mol. The summed E-state index contributed by atoms with van der Waals surface area (Å²) in [6.07, 6.45) is 8.51. The van der Waals surface area contributed by atoms with Crippen LogP contribution in [-0.4, -0.2) is 17.5 Å². The molecule has 1 heterocycles. The number of rotatable bonds is 3. The van der Waals surface area contributed by atoms with Crippen molar-refractivity contribution in [3.63, 3.8) is 0 Å². The Balaban J connectivity index is 2.02. The standard InChI is InChI=1S/C15H14BrClO3/c16-13-11(17)6-7-12-14(13)20-15(19-12,8-9-18)10-4-2-1-3-5-10/h2,4-7,18H,1,3,8-9H2. The van der Waals surface area contributed by atoms with E-state index in [9.17, 15) is 5.11 Å². The molecule has 0 amide bonds. The quantitative estimate of drug-likeness (QED) is 0.880. The monoisotopic (exact) mass is 356 g/mol. The number of fused-ring (bicyclic) bond motifs is 1. The molecule has 0 aromatic heterocycles. The largest absolute Gasteiger partial charge is 0.444 e. The molecule has 1 atom stereocenters. The van der Waals surface area contributed by atoms with Gasteiger partial charge in [0.25, 0.3) is 5.79 Å². The highest BCUT2D eigenvalue weighted by Gasteiger charge is 2.45. The molecule has 0 radical (unpaired) electrons. The molecule has 1 aliphatic heterocycles. The van der Waals surface area contributed by atoms with E-state index in [0.717, 1.165) is 18.4 Å². The second kappa shape index (κ2) is 5.43. The molecule has 0 fully saturated rings. The summed E-state index contributed by atoms with van der Waals surface area (Å²) in [5.41, 5.74) is 0.942. The van der Waals surface area contributed by atoms with Gasteiger partial charge in [-0.3, -0.25) is 0 Å². The lowest BCUT2D eigenvalue weighted by Gasteiger charge is -2.29. The van der Waals surface area contributed by atoms with Crippen LogP contribution in [0.3, 0.4) is 0 Å². The number of hydrogen-bond acceptors (Lipinski definition) is 3. The first kappa shape index (κ1) is 14.0. The van der Waals surface area contributed by atoms with Crippen molar-refractivity contribution in [1.29, 1.82) is 0 Å². The molecule has 0 spiro atoms. The molecule has 0 saturated carbocycles. The SMILES string of the molecule is OCCC1(C2=CCCC=C2)Oc2ccc(Cl)c(Br)c2O1. The summed E-state index contributed by atoms with van der Waals surface area (Å²) < 4.78 is 12.8. The van der Waals surface area contributed by atoms with Crippen molar-refractivity contribution in [3.8, 4) is 11.5 Å². The van der Waals surface area contributed by atoms with E-state index in [1.54, 1.807) is 12.1 Å². The van der Waals surface area contributed by atoms with Crippen LogP contribution in [-0.2, 0) is 0 Å². The molecule has 0 saturated heterocycles. The smallest absolute Gasteiger partial charge is 0.280 e. The van der Waals surface area contributed by atoms with Crippen LogP contribution in [0.15, 0.2) is 40.4 Å². The summed E-state index contributed by atoms with van der Waals surface area (Å²) in [6, 6.07) is 3.54. The number of halogens is 2. The topological polar surface area (TPSA) is 38.7 Å². The third kappa shape index (κ3) is 2.26. The maximum absolute atomic E-state index is 9.38. The Morgan fingerprint density at radius 1 is 1.30 bits per heavy atom. The van der Waals surface area contributed by atoms with Crippen molar-refractivity contribution in [2.75, 3.05) is 6.61 Å². The minimum absolute atomic E-state index is 0.0233. The van der Waals surface area contributed by atoms with Crippen molar-refractivity contribution in [1.82, 2.24) is 0 Å². The molecular weight excluding hydrogens is 344 g/mol. The highest BCUT2D eigenvalue weighted by molar-refractivity contribution is 9.10. The molecule has 5 heteroatoms. The zero-order chi connectivity index (χ0) is 14.2. The molecule has 3 rings (SSSR count). The van der Waals surface area contributed by atoms with Crippen LogP contribution in [0.1, 0.15) is 19.3 Å². The van der Waals surface area contributed by atoms with Crippen LogP contribution in [0, 0.1) is 0 Å². The van der Waals surface area contributed by atoms with Gasteiger partial charge < -0.3 is 14.6 Å². The van der Waals surface area contributed by atoms with Gasteiger partial charge >= 0.3 is 0 Å². The highest BCUT2D eigenvalue weighted by Crippen LogP contribution is 2.50. The zero-order valence-electron chi connectivity index (χ0n) is 10.7. The third-order valence-electron chi connectivity index (χ3n) is 3.43. The van der Waals surface area contributed by atoms with Crippen LogP contribution in [0.25, 0.3) is 0 Å². The first-order valence-electron chi connectivity index (χ1n) is 6.50. The second-order valence-corrected chi connectivity index (χ2v) is 5.96. The Hall–Kier alpha value is -0.970. The highest BCUT2D eigenvalue weighted by atomic mass is 79.9. The molecule has 1 aromatic carbocycles. The van der Waals surface area contributed by atoms with Gasteiger partial charge in [0.2, 0.25) is 0 Å². The number of benzene rings is 1. The molecule has 20 heavy (non-hydrogen) atoms. The molecule has 3 nitrogen and oxygen atoms in total. The summed E-state index contributed by atoms with van der Waals surface area (Å²) in [5.74, 6) is 0.265. The van der Waals surface area contributed by atoms with E-state index in [1.807, 2.05) is 6.08 Å². The Labute approximate surface area is 131 Å². The van der Waals surface area contributed by atoms with Gasteiger partial charge in [-0.15, -0.1) is 0 Å². The predicted molar refractivity (Wildman–Crippen MR) is 81.3 cm³/mol. The maximum Gasteiger partial charge on any atom is 0.280 e. The normalized spacial score (nSPS) is 23.9. The van der Waals surface area contributed by atoms with Crippen LogP contribution in [0.4, 0.5) is 0 Å². The van der Waals surface area contributed by atoms with Crippen molar-refractivity contribution in [2.24, 2.45) is 0 Å². The average Bonchev–Trinajstić information content (AvgIpc) is 2.85. The van der Waals surface area contributed by atoms with Crippen LogP contribution < -0.4 is 9.47 Å². The predicted octanol–water partition coefficient (Wildman–Crippen LogP) is 4.23. The van der Waals surface area contributed by atoms with Crippen LogP contribution >= 0.6 is 27.5 Å². The van der Waals surface area contributed by atoms with Gasteiger partial charge in [-0.2, -0.15) is 0 Å². The van der Waals surface area contributed by atoms with Gasteiger partial charge in [-0.1, -0.05) is 29.8 Å². The van der Waals surface area contributed by atoms with E-state index < -0.39 is 5.79 Å². The van der Waals surface area contributed by atoms with Crippen LogP contribution in [0.2, 0.25) is 5.02 Å². The number of ether oxygens (including phenoxy) is 2. The molecule has 0 bridgehead atoms. The van der Waals surface area contributed by atoms with Crippen molar-refractivity contribution >= 4 is 27.5 Å². The first-order valence-corrected chi connectivity index (χ1v) is 7.67. The molecule has 106 valence electrons. The van der Waals surface area contributed by atoms with Crippen LogP contribution in [0.5, 0.6) is 11.5 Å². The first-order chi connectivity index (χ1) is 9.66. The van der Waals surface area contributed by atoms with E-state index in [2.05, 4.69) is 28.1 Å². The minimum atomic E-state index is -0.957. The lowest BCUT2D eigenvalue weighted by molar-refractivity contribution is -0.0580. The minimum Gasteiger partial charge on any atom is -0.444 e. The number of aliphatic hydroxyl groups excluding tert-OH is 1. The van der Waals surface area contributed by atoms with Crippen molar-refractivity contribution in [2.45, 2.75) is 25.0 Å². The fourth-order valence-electron chi connectivity index (χ4n) is 2.46. The van der Waals surface area contributed by atoms with Crippen molar-refractivity contribution in [3.05, 3.63) is 45.4 Å². The lowest BCUT2D eigenvalue weighted by Crippen LogP contribution is -2.41. The van der Waals surface area contributed by atoms with Gasteiger partial charge in [-0.05, 0) is 40.9 Å². The van der Waals surface area contributed by atoms with E-state index in [-0.39, 0.29) is 6.61 Å². The third-order valence-corrected chi connectivity index (χ3v) is 4.76. The molecule has 1 aromatic rings. The van der Waals surface area contributed by atoms with Gasteiger partial charge in [0.15, 0.2) is 11.5 Å². The van der Waals surface area contributed by atoms with Gasteiger partial charge in [-0.25, -0.2) is 0 Å². The Morgan fingerprint density at radius 2 is 2.15 bits per heavy atom. The fraction of sp³-hybridized carbons (Fsp3) is 0.333. The Morgan fingerprint density at radius 3 is 2.85 bits per heavy atom. The number of allylic oxidation sites excluding steroid dienone is 2. The second-order valence-electron chi connectivity index (χ2n) is 4.76. The van der Waals surface area contributed by atoms with E-state index >= 15 is 0 Å². The molecule has 1 N–H and O–H groups in total. The number of hydrogen-bond donors (Lipinski definition) is 1. The number of aliphatic hydroxyl groups is 1. The molecule has 1 unspecified atom stereocenters. The maximum atomic E-state index is 9.38. The van der Waals surface area contributed by atoms with Crippen molar-refractivity contribution < 1.29 is 14.6 Å². The van der Waals surface area contributed by atoms with E-state index in [1.165, 1.54) is 0 Å². The molecule has 2 aliphatic rings. The van der Waals surface area contributed by atoms with Gasteiger partial charge in [0.05, 0.1) is 22.5 Å². The Kier molecular flexibility index (Phi) is 3.80. The van der Waals surface area contributed by atoms with Gasteiger partial charge in [0.1, 0.15) is 0 Å². The molecule has 1 aliphatic carbocycles. The van der Waals surface area contributed by atoms with E-state index in [0.29, 0.717) is 27.4 Å². The lowest BCUT2D eigenvalue weighted by atomic mass is 9.97. The Bertz CT molecular complexity index is 597.